The Morgan fingerprint density at radius 1 is 1.30 bits per heavy atom. The van der Waals surface area contributed by atoms with E-state index < -0.39 is 0 Å². The molecule has 0 bridgehead atoms. The third kappa shape index (κ3) is 1.52. The molecule has 0 spiro atoms. The molecular weight excluding hydrogens is 142 g/mol. The zero-order chi connectivity index (χ0) is 7.40. The van der Waals surface area contributed by atoms with E-state index >= 15 is 0 Å². The summed E-state index contributed by atoms with van der Waals surface area (Å²) in [7, 11) is 0. The first kappa shape index (κ1) is 7.17. The molecule has 1 radical (unpaired) electrons. The molecule has 0 fully saturated rings. The first-order valence-corrected chi connectivity index (χ1v) is 3.77. The Labute approximate surface area is 64.7 Å². The van der Waals surface area contributed by atoms with Crippen LogP contribution >= 0.6 is 11.8 Å². The van der Waals surface area contributed by atoms with E-state index in [9.17, 15) is 0 Å². The molecule has 49 valence electrons. The predicted octanol–water partition coefficient (Wildman–Crippen LogP) is 2.44. The summed E-state index contributed by atoms with van der Waals surface area (Å²) in [6.07, 6.45) is 3.65. The lowest BCUT2D eigenvalue weighted by Gasteiger charge is -1.92. The minimum Gasteiger partial charge on any atom is -0.192 e. The van der Waals surface area contributed by atoms with E-state index in [2.05, 4.69) is 6.26 Å². The van der Waals surface area contributed by atoms with Crippen molar-refractivity contribution in [2.75, 3.05) is 0 Å². The van der Waals surface area contributed by atoms with Crippen LogP contribution in [0.2, 0.25) is 0 Å². The normalized spacial score (nSPS) is 8.80. The predicted molar refractivity (Wildman–Crippen MR) is 42.4 cm³/mol. The van der Waals surface area contributed by atoms with Crippen molar-refractivity contribution in [1.82, 2.24) is 0 Å². The van der Waals surface area contributed by atoms with Crippen LogP contribution in [0.1, 0.15) is 5.56 Å². The van der Waals surface area contributed by atoms with E-state index in [4.69, 9.17) is 5.26 Å². The van der Waals surface area contributed by atoms with Crippen molar-refractivity contribution >= 4 is 11.8 Å². The number of nitrogens with zero attached hydrogens (tertiary/aromatic N) is 1. The molecule has 0 amide bonds. The van der Waals surface area contributed by atoms with Gasteiger partial charge in [0.1, 0.15) is 0 Å². The third-order valence-electron chi connectivity index (χ3n) is 1.15. The molecule has 2 heteroatoms. The molecule has 0 unspecified atom stereocenters. The molecular formula is C8H6NS. The zero-order valence-electron chi connectivity index (χ0n) is 5.37. The lowest BCUT2D eigenvalue weighted by Crippen LogP contribution is -1.71. The van der Waals surface area contributed by atoms with Gasteiger partial charge in [0.05, 0.1) is 11.6 Å². The minimum absolute atomic E-state index is 0.692. The average molecular weight is 148 g/mol. The van der Waals surface area contributed by atoms with Gasteiger partial charge in [-0.15, -0.1) is 11.8 Å². The van der Waals surface area contributed by atoms with Crippen LogP contribution in [0.25, 0.3) is 0 Å². The second-order valence-corrected chi connectivity index (χ2v) is 2.54. The van der Waals surface area contributed by atoms with Gasteiger partial charge >= 0.3 is 0 Å². The molecule has 0 aliphatic heterocycles. The van der Waals surface area contributed by atoms with Crippen molar-refractivity contribution in [3.63, 3.8) is 0 Å². The summed E-state index contributed by atoms with van der Waals surface area (Å²) in [5.41, 5.74) is 0.692. The van der Waals surface area contributed by atoms with Gasteiger partial charge in [0.25, 0.3) is 0 Å². The van der Waals surface area contributed by atoms with Gasteiger partial charge < -0.3 is 0 Å². The number of nitriles is 1. The van der Waals surface area contributed by atoms with Crippen LogP contribution < -0.4 is 0 Å². The van der Waals surface area contributed by atoms with Gasteiger partial charge in [-0.1, -0.05) is 0 Å². The number of hydrogen-bond acceptors (Lipinski definition) is 2. The summed E-state index contributed by atoms with van der Waals surface area (Å²) in [6, 6.07) is 9.39. The van der Waals surface area contributed by atoms with Gasteiger partial charge in [0, 0.05) is 11.2 Å². The molecule has 1 aromatic rings. The fourth-order valence-corrected chi connectivity index (χ4v) is 0.954. The third-order valence-corrected chi connectivity index (χ3v) is 1.76. The number of rotatable bonds is 1. The number of thioether (sulfide) groups is 1. The quantitative estimate of drug-likeness (QED) is 0.571. The molecule has 0 saturated heterocycles. The van der Waals surface area contributed by atoms with E-state index in [1.54, 1.807) is 12.1 Å². The van der Waals surface area contributed by atoms with Gasteiger partial charge in [-0.3, -0.25) is 0 Å². The lowest BCUT2D eigenvalue weighted by molar-refractivity contribution is 1.42. The van der Waals surface area contributed by atoms with Gasteiger partial charge in [0.2, 0.25) is 0 Å². The molecule has 1 nitrogen and oxygen atoms in total. The van der Waals surface area contributed by atoms with Crippen LogP contribution in [0.3, 0.4) is 0 Å². The molecule has 0 aromatic heterocycles. The average Bonchev–Trinajstić information content (AvgIpc) is 2.05. The van der Waals surface area contributed by atoms with Gasteiger partial charge in [-0.05, 0) is 24.3 Å². The second kappa shape index (κ2) is 3.28. The highest BCUT2D eigenvalue weighted by Crippen LogP contribution is 2.15. The van der Waals surface area contributed by atoms with E-state index in [1.807, 2.05) is 18.2 Å². The van der Waals surface area contributed by atoms with Crippen molar-refractivity contribution in [2.24, 2.45) is 0 Å². The Balaban J connectivity index is 2.93. The summed E-state index contributed by atoms with van der Waals surface area (Å²) in [6.45, 7) is 0. The van der Waals surface area contributed by atoms with E-state index in [0.29, 0.717) is 5.56 Å². The largest absolute Gasteiger partial charge is 0.192 e. The Bertz CT molecular complexity index is 245. The van der Waals surface area contributed by atoms with Crippen LogP contribution in [-0.2, 0) is 0 Å². The highest BCUT2D eigenvalue weighted by atomic mass is 32.2. The Morgan fingerprint density at radius 3 is 2.30 bits per heavy atom. The fraction of sp³-hybridized carbons (Fsp3) is 0. The molecule has 10 heavy (non-hydrogen) atoms. The maximum absolute atomic E-state index is 8.43. The zero-order valence-corrected chi connectivity index (χ0v) is 6.19. The Kier molecular flexibility index (Phi) is 2.35. The van der Waals surface area contributed by atoms with E-state index in [-0.39, 0.29) is 0 Å². The summed E-state index contributed by atoms with van der Waals surface area (Å²) < 4.78 is 0. The lowest BCUT2D eigenvalue weighted by atomic mass is 10.2. The van der Waals surface area contributed by atoms with Crippen molar-refractivity contribution in [3.05, 3.63) is 36.1 Å². The topological polar surface area (TPSA) is 23.8 Å². The van der Waals surface area contributed by atoms with Gasteiger partial charge in [-0.2, -0.15) is 5.26 Å². The first-order valence-electron chi connectivity index (χ1n) is 2.79. The van der Waals surface area contributed by atoms with E-state index in [1.165, 1.54) is 11.8 Å². The van der Waals surface area contributed by atoms with Crippen molar-refractivity contribution in [1.29, 1.82) is 5.26 Å². The fourth-order valence-electron chi connectivity index (χ4n) is 0.626. The molecule has 0 N–H and O–H groups in total. The summed E-state index contributed by atoms with van der Waals surface area (Å²) in [5, 5.41) is 8.43. The molecule has 0 aliphatic rings. The van der Waals surface area contributed by atoms with Gasteiger partial charge in [0.15, 0.2) is 0 Å². The van der Waals surface area contributed by atoms with Crippen LogP contribution in [0.5, 0.6) is 0 Å². The molecule has 0 aliphatic carbocycles. The van der Waals surface area contributed by atoms with Crippen LogP contribution in [0, 0.1) is 17.6 Å². The minimum atomic E-state index is 0.692. The summed E-state index contributed by atoms with van der Waals surface area (Å²) >= 11 is 1.43. The number of benzene rings is 1. The maximum atomic E-state index is 8.43. The Hall–Kier alpha value is -0.940. The maximum Gasteiger partial charge on any atom is 0.0991 e. The number of hydrogen-bond donors (Lipinski definition) is 0. The molecule has 1 rings (SSSR count). The van der Waals surface area contributed by atoms with Crippen LogP contribution in [0.15, 0.2) is 29.2 Å². The molecule has 0 saturated carbocycles. The monoisotopic (exact) mass is 148 g/mol. The highest BCUT2D eigenvalue weighted by Gasteiger charge is 1.89. The van der Waals surface area contributed by atoms with Gasteiger partial charge in [-0.25, -0.2) is 0 Å². The smallest absolute Gasteiger partial charge is 0.0991 e. The highest BCUT2D eigenvalue weighted by molar-refractivity contribution is 8.00. The van der Waals surface area contributed by atoms with Crippen LogP contribution in [-0.4, -0.2) is 0 Å². The molecule has 0 atom stereocenters. The standard InChI is InChI=1S/C8H6NS/c1-10-8-4-2-7(6-9)3-5-8/h2-5H,1H2. The van der Waals surface area contributed by atoms with Crippen molar-refractivity contribution < 1.29 is 0 Å². The molecule has 1 aromatic carbocycles. The Morgan fingerprint density at radius 2 is 1.90 bits per heavy atom. The SMILES string of the molecule is [CH2]Sc1ccc(C#N)cc1. The van der Waals surface area contributed by atoms with Crippen LogP contribution in [0.4, 0.5) is 0 Å². The van der Waals surface area contributed by atoms with Crippen molar-refractivity contribution in [2.45, 2.75) is 4.90 Å². The second-order valence-electron chi connectivity index (χ2n) is 1.78. The molecule has 0 heterocycles. The summed E-state index contributed by atoms with van der Waals surface area (Å²) in [5.74, 6) is 0. The summed E-state index contributed by atoms with van der Waals surface area (Å²) in [4.78, 5) is 1.08. The van der Waals surface area contributed by atoms with E-state index in [0.717, 1.165) is 4.90 Å². The van der Waals surface area contributed by atoms with Crippen molar-refractivity contribution in [3.8, 4) is 6.07 Å². The first-order chi connectivity index (χ1) is 4.86.